The molecular formula is C16H21NO5S2. The van der Waals surface area contributed by atoms with Gasteiger partial charge in [-0.3, -0.25) is 0 Å². The normalized spacial score (nSPS) is 27.9. The molecule has 1 aromatic rings. The summed E-state index contributed by atoms with van der Waals surface area (Å²) in [6.07, 6.45) is 0. The van der Waals surface area contributed by atoms with Crippen LogP contribution in [0.4, 0.5) is 0 Å². The van der Waals surface area contributed by atoms with Crippen LogP contribution in [-0.4, -0.2) is 44.4 Å². The molecule has 3 atom stereocenters. The second kappa shape index (κ2) is 6.16. The fraction of sp³-hybridized carbons (Fsp3) is 0.562. The highest BCUT2D eigenvalue weighted by Gasteiger charge is 2.72. The van der Waals surface area contributed by atoms with Crippen LogP contribution in [0.5, 0.6) is 11.5 Å². The third kappa shape index (κ3) is 2.57. The van der Waals surface area contributed by atoms with Gasteiger partial charge in [-0.25, -0.2) is 8.42 Å². The minimum absolute atomic E-state index is 0.0369. The van der Waals surface area contributed by atoms with E-state index in [4.69, 9.17) is 32.2 Å². The van der Waals surface area contributed by atoms with Crippen molar-refractivity contribution < 1.29 is 22.6 Å². The molecule has 24 heavy (non-hydrogen) atoms. The van der Waals surface area contributed by atoms with Crippen molar-refractivity contribution in [2.24, 2.45) is 11.1 Å². The standard InChI is InChI=1S/C16H21NO5S2/c1-3-20-8-16(15(17)23)13(14(16)24(18,19)4-2)10-5-6-11-12(7-10)22-9-21-11/h5-7,13-14H,3-4,8-9H2,1-2H3,(H2,17,23). The number of hydrogen-bond acceptors (Lipinski definition) is 6. The predicted molar refractivity (Wildman–Crippen MR) is 94.3 cm³/mol. The molecule has 0 amide bonds. The van der Waals surface area contributed by atoms with Gasteiger partial charge < -0.3 is 19.9 Å². The highest BCUT2D eigenvalue weighted by atomic mass is 32.2. The summed E-state index contributed by atoms with van der Waals surface area (Å²) in [6, 6.07) is 5.45. The first-order valence-electron chi connectivity index (χ1n) is 7.87. The lowest BCUT2D eigenvalue weighted by atomic mass is 9.99. The Bertz CT molecular complexity index is 764. The van der Waals surface area contributed by atoms with Gasteiger partial charge in [0.15, 0.2) is 21.3 Å². The van der Waals surface area contributed by atoms with Crippen LogP contribution in [0.15, 0.2) is 18.2 Å². The molecule has 6 nitrogen and oxygen atoms in total. The lowest BCUT2D eigenvalue weighted by Crippen LogP contribution is -2.34. The minimum Gasteiger partial charge on any atom is -0.454 e. The van der Waals surface area contributed by atoms with Gasteiger partial charge in [-0.2, -0.15) is 0 Å². The Labute approximate surface area is 147 Å². The SMILES string of the molecule is CCOCC1(C(N)=S)C(c2ccc3c(c2)OCO3)C1S(=O)(=O)CC. The van der Waals surface area contributed by atoms with Crippen LogP contribution < -0.4 is 15.2 Å². The van der Waals surface area contributed by atoms with Gasteiger partial charge in [-0.1, -0.05) is 25.2 Å². The minimum atomic E-state index is -3.34. The molecule has 0 aromatic heterocycles. The average Bonchev–Trinajstić information content (AvgIpc) is 3.04. The summed E-state index contributed by atoms with van der Waals surface area (Å²) in [7, 11) is -3.34. The van der Waals surface area contributed by atoms with Crippen LogP contribution in [-0.2, 0) is 14.6 Å². The molecule has 0 radical (unpaired) electrons. The zero-order valence-corrected chi connectivity index (χ0v) is 15.3. The molecule has 1 saturated carbocycles. The van der Waals surface area contributed by atoms with Crippen molar-refractivity contribution in [1.29, 1.82) is 0 Å². The van der Waals surface area contributed by atoms with Gasteiger partial charge in [0.05, 0.1) is 22.3 Å². The van der Waals surface area contributed by atoms with E-state index < -0.39 is 20.5 Å². The van der Waals surface area contributed by atoms with Gasteiger partial charge in [-0.05, 0) is 24.6 Å². The molecule has 3 rings (SSSR count). The fourth-order valence-electron chi connectivity index (χ4n) is 3.50. The quantitative estimate of drug-likeness (QED) is 0.729. The van der Waals surface area contributed by atoms with Crippen molar-refractivity contribution in [3.8, 4) is 11.5 Å². The van der Waals surface area contributed by atoms with E-state index in [1.165, 1.54) is 0 Å². The van der Waals surface area contributed by atoms with Gasteiger partial charge in [0.2, 0.25) is 6.79 Å². The first-order valence-corrected chi connectivity index (χ1v) is 9.99. The summed E-state index contributed by atoms with van der Waals surface area (Å²) in [6.45, 7) is 4.32. The third-order valence-corrected chi connectivity index (χ3v) is 7.46. The molecule has 0 saturated heterocycles. The molecule has 8 heteroatoms. The van der Waals surface area contributed by atoms with Crippen molar-refractivity contribution in [2.75, 3.05) is 25.8 Å². The van der Waals surface area contributed by atoms with Crippen LogP contribution in [0.3, 0.4) is 0 Å². The summed E-state index contributed by atoms with van der Waals surface area (Å²) in [5.41, 5.74) is 5.95. The second-order valence-corrected chi connectivity index (χ2v) is 8.86. The molecule has 2 aliphatic rings. The highest BCUT2D eigenvalue weighted by Crippen LogP contribution is 2.64. The molecule has 1 aliphatic carbocycles. The number of nitrogens with two attached hydrogens (primary N) is 1. The number of fused-ring (bicyclic) bond motifs is 1. The van der Waals surface area contributed by atoms with Crippen molar-refractivity contribution in [2.45, 2.75) is 25.0 Å². The molecule has 0 spiro atoms. The van der Waals surface area contributed by atoms with Crippen molar-refractivity contribution in [3.63, 3.8) is 0 Å². The lowest BCUT2D eigenvalue weighted by Gasteiger charge is -2.16. The Hall–Kier alpha value is -1.38. The molecule has 1 heterocycles. The molecular weight excluding hydrogens is 350 g/mol. The van der Waals surface area contributed by atoms with Gasteiger partial charge in [0, 0.05) is 18.3 Å². The van der Waals surface area contributed by atoms with E-state index in [9.17, 15) is 8.42 Å². The Morgan fingerprint density at radius 2 is 2.08 bits per heavy atom. The smallest absolute Gasteiger partial charge is 0.231 e. The van der Waals surface area contributed by atoms with Gasteiger partial charge in [0.1, 0.15) is 0 Å². The number of rotatable bonds is 7. The van der Waals surface area contributed by atoms with E-state index in [1.54, 1.807) is 13.0 Å². The molecule has 2 N–H and O–H groups in total. The Kier molecular flexibility index (Phi) is 4.48. The largest absolute Gasteiger partial charge is 0.454 e. The van der Waals surface area contributed by atoms with Crippen LogP contribution in [0, 0.1) is 5.41 Å². The number of hydrogen-bond donors (Lipinski definition) is 1. The van der Waals surface area contributed by atoms with E-state index >= 15 is 0 Å². The molecule has 1 aliphatic heterocycles. The van der Waals surface area contributed by atoms with Gasteiger partial charge in [-0.15, -0.1) is 0 Å². The van der Waals surface area contributed by atoms with Crippen LogP contribution in [0.25, 0.3) is 0 Å². The molecule has 3 unspecified atom stereocenters. The molecule has 1 aromatic carbocycles. The number of benzene rings is 1. The first-order chi connectivity index (χ1) is 11.4. The van der Waals surface area contributed by atoms with E-state index in [1.807, 2.05) is 19.1 Å². The molecule has 0 bridgehead atoms. The van der Waals surface area contributed by atoms with Crippen LogP contribution in [0.2, 0.25) is 0 Å². The van der Waals surface area contributed by atoms with Gasteiger partial charge >= 0.3 is 0 Å². The average molecular weight is 371 g/mol. The zero-order chi connectivity index (χ0) is 17.5. The van der Waals surface area contributed by atoms with Crippen LogP contribution in [0.1, 0.15) is 25.3 Å². The predicted octanol–water partition coefficient (Wildman–Crippen LogP) is 1.62. The Morgan fingerprint density at radius 1 is 1.38 bits per heavy atom. The van der Waals surface area contributed by atoms with E-state index in [0.717, 1.165) is 5.56 Å². The van der Waals surface area contributed by atoms with Crippen molar-refractivity contribution >= 4 is 27.0 Å². The second-order valence-electron chi connectivity index (χ2n) is 6.00. The number of ether oxygens (including phenoxy) is 3. The maximum atomic E-state index is 12.6. The van der Waals surface area contributed by atoms with Crippen molar-refractivity contribution in [3.05, 3.63) is 23.8 Å². The molecule has 132 valence electrons. The lowest BCUT2D eigenvalue weighted by molar-refractivity contribution is 0.121. The maximum absolute atomic E-state index is 12.6. The van der Waals surface area contributed by atoms with Gasteiger partial charge in [0.25, 0.3) is 0 Å². The summed E-state index contributed by atoms with van der Waals surface area (Å²) in [5, 5.41) is -0.667. The van der Waals surface area contributed by atoms with E-state index in [0.29, 0.717) is 18.1 Å². The summed E-state index contributed by atoms with van der Waals surface area (Å²) in [5.74, 6) is 0.969. The zero-order valence-electron chi connectivity index (χ0n) is 13.7. The Balaban J connectivity index is 2.04. The van der Waals surface area contributed by atoms with Crippen molar-refractivity contribution in [1.82, 2.24) is 0 Å². The highest BCUT2D eigenvalue weighted by molar-refractivity contribution is 7.92. The van der Waals surface area contributed by atoms with E-state index in [2.05, 4.69) is 0 Å². The summed E-state index contributed by atoms with van der Waals surface area (Å²) >= 11 is 5.26. The third-order valence-electron chi connectivity index (χ3n) is 4.81. The summed E-state index contributed by atoms with van der Waals surface area (Å²) < 4.78 is 41.5. The fourth-order valence-corrected chi connectivity index (χ4v) is 5.96. The monoisotopic (exact) mass is 371 g/mol. The number of thiocarbonyl (C=S) groups is 1. The topological polar surface area (TPSA) is 87.8 Å². The Morgan fingerprint density at radius 3 is 2.71 bits per heavy atom. The maximum Gasteiger partial charge on any atom is 0.231 e. The number of sulfone groups is 1. The van der Waals surface area contributed by atoms with E-state index in [-0.39, 0.29) is 30.1 Å². The van der Waals surface area contributed by atoms with Crippen LogP contribution >= 0.6 is 12.2 Å². The molecule has 1 fully saturated rings. The summed E-state index contributed by atoms with van der Waals surface area (Å²) in [4.78, 5) is 0.181. The first kappa shape index (κ1) is 17.4.